The molecular formula is C38H43FN4O. The maximum atomic E-state index is 13.8. The highest BCUT2D eigenvalue weighted by molar-refractivity contribution is 5.83. The summed E-state index contributed by atoms with van der Waals surface area (Å²) in [6.07, 6.45) is 6.54. The Morgan fingerprint density at radius 2 is 1.77 bits per heavy atom. The number of hydrogen-bond donors (Lipinski definition) is 2. The van der Waals surface area contributed by atoms with Gasteiger partial charge in [-0.25, -0.2) is 9.37 Å². The zero-order valence-corrected chi connectivity index (χ0v) is 26.5. The molecule has 0 bridgehead atoms. The van der Waals surface area contributed by atoms with Crippen molar-refractivity contribution in [2.75, 3.05) is 25.0 Å². The first-order valence-electron chi connectivity index (χ1n) is 15.9. The summed E-state index contributed by atoms with van der Waals surface area (Å²) in [5.41, 5.74) is 12.0. The van der Waals surface area contributed by atoms with Crippen LogP contribution >= 0.6 is 0 Å². The maximum Gasteiger partial charge on any atom is 0.201 e. The fraction of sp³-hybridized carbons (Fsp3) is 0.342. The minimum atomic E-state index is -0.200. The zero-order valence-electron chi connectivity index (χ0n) is 26.5. The van der Waals surface area contributed by atoms with Crippen LogP contribution in [-0.2, 0) is 13.0 Å². The molecule has 0 saturated carbocycles. The van der Waals surface area contributed by atoms with Crippen molar-refractivity contribution in [3.63, 3.8) is 0 Å². The fourth-order valence-electron chi connectivity index (χ4n) is 6.54. The number of nitrogens with zero attached hydrogens (tertiary/aromatic N) is 2. The predicted molar refractivity (Wildman–Crippen MR) is 179 cm³/mol. The van der Waals surface area contributed by atoms with E-state index in [1.165, 1.54) is 28.0 Å². The van der Waals surface area contributed by atoms with Gasteiger partial charge < -0.3 is 19.9 Å². The van der Waals surface area contributed by atoms with Crippen molar-refractivity contribution in [1.29, 1.82) is 0 Å². The van der Waals surface area contributed by atoms with Gasteiger partial charge in [0.1, 0.15) is 18.2 Å². The van der Waals surface area contributed by atoms with E-state index in [1.54, 1.807) is 12.1 Å². The van der Waals surface area contributed by atoms with Gasteiger partial charge >= 0.3 is 0 Å². The number of H-pyrrole nitrogens is 1. The first-order valence-corrected chi connectivity index (χ1v) is 15.9. The molecule has 2 N–H and O–H groups in total. The topological polar surface area (TPSA) is 53.2 Å². The summed E-state index contributed by atoms with van der Waals surface area (Å²) in [5, 5.41) is 3.27. The molecule has 228 valence electrons. The van der Waals surface area contributed by atoms with E-state index in [2.05, 4.69) is 103 Å². The minimum absolute atomic E-state index is 0.200. The number of benzene rings is 3. The lowest BCUT2D eigenvalue weighted by Crippen LogP contribution is -2.31. The average Bonchev–Trinajstić information content (AvgIpc) is 3.31. The van der Waals surface area contributed by atoms with E-state index < -0.39 is 0 Å². The monoisotopic (exact) mass is 590 g/mol. The van der Waals surface area contributed by atoms with Crippen LogP contribution in [0.25, 0.3) is 22.2 Å². The summed E-state index contributed by atoms with van der Waals surface area (Å²) < 4.78 is 20.2. The van der Waals surface area contributed by atoms with Crippen LogP contribution in [0.2, 0.25) is 0 Å². The molecule has 6 heteroatoms. The average molecular weight is 591 g/mol. The highest BCUT2D eigenvalue weighted by atomic mass is 19.1. The normalized spacial score (nSPS) is 19.0. The molecule has 0 amide bonds. The SMILES string of the molecule is CCNc1nc2ccc(-c3ccc4c(c3)CN(C3=C(Cc5ccc(F)cc5)C(C)=C(C)C(C)C=CC3CC)CCO4)cc2[nH]1. The van der Waals surface area contributed by atoms with Crippen molar-refractivity contribution >= 4 is 17.0 Å². The molecular weight excluding hydrogens is 547 g/mol. The second-order valence-electron chi connectivity index (χ2n) is 12.1. The third kappa shape index (κ3) is 6.03. The smallest absolute Gasteiger partial charge is 0.201 e. The lowest BCUT2D eigenvalue weighted by molar-refractivity contribution is 0.248. The van der Waals surface area contributed by atoms with Crippen molar-refractivity contribution in [1.82, 2.24) is 14.9 Å². The number of nitrogens with one attached hydrogen (secondary N) is 2. The van der Waals surface area contributed by atoms with Crippen LogP contribution < -0.4 is 10.1 Å². The summed E-state index contributed by atoms with van der Waals surface area (Å²) in [4.78, 5) is 10.6. The van der Waals surface area contributed by atoms with Crippen molar-refractivity contribution in [3.05, 3.63) is 112 Å². The first-order chi connectivity index (χ1) is 21.3. The highest BCUT2D eigenvalue weighted by Crippen LogP contribution is 2.38. The molecule has 6 rings (SSSR count). The van der Waals surface area contributed by atoms with Crippen molar-refractivity contribution in [2.45, 2.75) is 54.0 Å². The molecule has 44 heavy (non-hydrogen) atoms. The second-order valence-corrected chi connectivity index (χ2v) is 12.1. The van der Waals surface area contributed by atoms with E-state index in [4.69, 9.17) is 4.74 Å². The van der Waals surface area contributed by atoms with Crippen molar-refractivity contribution in [3.8, 4) is 16.9 Å². The summed E-state index contributed by atoms with van der Waals surface area (Å²) in [5.74, 6) is 2.18. The van der Waals surface area contributed by atoms with Gasteiger partial charge in [0.05, 0.1) is 17.6 Å². The zero-order chi connectivity index (χ0) is 30.8. The van der Waals surface area contributed by atoms with E-state index in [0.717, 1.165) is 71.9 Å². The van der Waals surface area contributed by atoms with Gasteiger partial charge in [-0.3, -0.25) is 0 Å². The van der Waals surface area contributed by atoms with Crippen LogP contribution in [0.1, 0.15) is 52.2 Å². The van der Waals surface area contributed by atoms with Crippen LogP contribution in [-0.4, -0.2) is 34.6 Å². The fourth-order valence-corrected chi connectivity index (χ4v) is 6.54. The third-order valence-electron chi connectivity index (χ3n) is 9.29. The van der Waals surface area contributed by atoms with Crippen LogP contribution in [0.4, 0.5) is 10.3 Å². The summed E-state index contributed by atoms with van der Waals surface area (Å²) in [7, 11) is 0. The number of rotatable bonds is 7. The van der Waals surface area contributed by atoms with E-state index >= 15 is 0 Å². The molecule has 4 aromatic rings. The summed E-state index contributed by atoms with van der Waals surface area (Å²) in [6, 6.07) is 19.9. The molecule has 1 aromatic heterocycles. The third-order valence-corrected chi connectivity index (χ3v) is 9.29. The molecule has 2 heterocycles. The number of halogens is 1. The van der Waals surface area contributed by atoms with Crippen LogP contribution in [0.3, 0.4) is 0 Å². The largest absolute Gasteiger partial charge is 0.491 e. The molecule has 0 saturated heterocycles. The van der Waals surface area contributed by atoms with Crippen molar-refractivity contribution < 1.29 is 9.13 Å². The standard InChI is InChI=1S/C38H43FN4O/c1-6-28-11-8-24(3)25(4)26(5)33(20-27-9-14-32(39)15-10-27)37(28)43-18-19-44-36-17-13-29(21-31(36)23-43)30-12-16-34-35(22-30)42-38(41-34)40-7-2/h8-17,21-22,24,28H,6-7,18-20,23H2,1-5H3,(H2,40,41,42). The number of allylic oxidation sites excluding steroid dienone is 5. The number of ether oxygens (including phenoxy) is 1. The van der Waals surface area contributed by atoms with Gasteiger partial charge in [-0.15, -0.1) is 0 Å². The molecule has 0 fully saturated rings. The lowest BCUT2D eigenvalue weighted by Gasteiger charge is -2.35. The molecule has 5 nitrogen and oxygen atoms in total. The van der Waals surface area contributed by atoms with Gasteiger partial charge in [0, 0.05) is 30.3 Å². The number of imidazole rings is 1. The number of anilines is 1. The Morgan fingerprint density at radius 3 is 2.55 bits per heavy atom. The molecule has 2 unspecified atom stereocenters. The van der Waals surface area contributed by atoms with Gasteiger partial charge in [-0.1, -0.05) is 55.8 Å². The van der Waals surface area contributed by atoms with Crippen LogP contribution in [0.15, 0.2) is 95.2 Å². The lowest BCUT2D eigenvalue weighted by atomic mass is 9.82. The van der Waals surface area contributed by atoms with Crippen LogP contribution in [0, 0.1) is 17.7 Å². The predicted octanol–water partition coefficient (Wildman–Crippen LogP) is 9.06. The Morgan fingerprint density at radius 1 is 1.00 bits per heavy atom. The maximum absolute atomic E-state index is 13.8. The second kappa shape index (κ2) is 12.7. The molecule has 0 radical (unpaired) electrons. The minimum Gasteiger partial charge on any atom is -0.491 e. The Kier molecular flexibility index (Phi) is 8.60. The first kappa shape index (κ1) is 29.7. The number of aromatic amines is 1. The molecule has 1 aliphatic carbocycles. The van der Waals surface area contributed by atoms with Gasteiger partial charge in [0.25, 0.3) is 0 Å². The molecule has 0 spiro atoms. The molecule has 2 atom stereocenters. The van der Waals surface area contributed by atoms with Gasteiger partial charge in [-0.05, 0) is 104 Å². The summed E-state index contributed by atoms with van der Waals surface area (Å²) in [6.45, 7) is 14.1. The van der Waals surface area contributed by atoms with E-state index in [-0.39, 0.29) is 11.7 Å². The molecule has 2 aliphatic rings. The number of hydrogen-bond acceptors (Lipinski definition) is 4. The number of fused-ring (bicyclic) bond motifs is 2. The van der Waals surface area contributed by atoms with Gasteiger partial charge in [0.2, 0.25) is 5.95 Å². The van der Waals surface area contributed by atoms with Gasteiger partial charge in [-0.2, -0.15) is 0 Å². The van der Waals surface area contributed by atoms with Crippen LogP contribution in [0.5, 0.6) is 5.75 Å². The van der Waals surface area contributed by atoms with E-state index in [1.807, 2.05) is 12.1 Å². The summed E-state index contributed by atoms with van der Waals surface area (Å²) >= 11 is 0. The molecule has 1 aliphatic heterocycles. The highest BCUT2D eigenvalue weighted by Gasteiger charge is 2.28. The Hall–Kier alpha value is -4.32. The van der Waals surface area contributed by atoms with E-state index in [0.29, 0.717) is 12.5 Å². The van der Waals surface area contributed by atoms with Crippen molar-refractivity contribution in [2.24, 2.45) is 11.8 Å². The number of aromatic nitrogens is 2. The Bertz CT molecular complexity index is 1750. The Labute approximate surface area is 260 Å². The van der Waals surface area contributed by atoms with E-state index in [9.17, 15) is 4.39 Å². The van der Waals surface area contributed by atoms with Gasteiger partial charge in [0.15, 0.2) is 0 Å². The quantitative estimate of drug-likeness (QED) is 0.211. The Balaban J connectivity index is 1.42. The molecule has 3 aromatic carbocycles.